The lowest BCUT2D eigenvalue weighted by Gasteiger charge is -2.09. The van der Waals surface area contributed by atoms with Gasteiger partial charge in [0.05, 0.1) is 10.6 Å². The molecule has 9 heteroatoms. The van der Waals surface area contributed by atoms with Crippen LogP contribution in [0.2, 0.25) is 0 Å². The number of non-ortho nitro benzene ring substituents is 1. The van der Waals surface area contributed by atoms with E-state index in [9.17, 15) is 14.9 Å². The molecule has 2 aromatic heterocycles. The first-order chi connectivity index (χ1) is 15.1. The van der Waals surface area contributed by atoms with Gasteiger partial charge in [-0.1, -0.05) is 6.07 Å². The van der Waals surface area contributed by atoms with Crippen molar-refractivity contribution in [3.05, 3.63) is 101 Å². The second kappa shape index (κ2) is 8.78. The Morgan fingerprint density at radius 2 is 1.74 bits per heavy atom. The van der Waals surface area contributed by atoms with Crippen molar-refractivity contribution in [3.8, 4) is 11.3 Å². The van der Waals surface area contributed by atoms with Crippen molar-refractivity contribution in [2.75, 3.05) is 10.6 Å². The van der Waals surface area contributed by atoms with Crippen LogP contribution >= 0.6 is 0 Å². The van der Waals surface area contributed by atoms with E-state index in [1.165, 1.54) is 24.3 Å². The molecule has 9 nitrogen and oxygen atoms in total. The minimum Gasteiger partial charge on any atom is -0.324 e. The van der Waals surface area contributed by atoms with Crippen LogP contribution in [0.4, 0.5) is 23.0 Å². The van der Waals surface area contributed by atoms with Gasteiger partial charge in [-0.25, -0.2) is 9.97 Å². The summed E-state index contributed by atoms with van der Waals surface area (Å²) in [4.78, 5) is 35.5. The number of carbonyl (C=O) groups is 1. The predicted octanol–water partition coefficient (Wildman–Crippen LogP) is 4.44. The summed E-state index contributed by atoms with van der Waals surface area (Å²) in [6.07, 6.45) is 5.08. The zero-order valence-corrected chi connectivity index (χ0v) is 16.1. The van der Waals surface area contributed by atoms with E-state index in [2.05, 4.69) is 25.6 Å². The SMILES string of the molecule is O=C(Nc1ccc(Nc2nccc(-c3cccnc3)n2)cc1)c1cccc([N+](=O)[O-])c1. The Hall–Kier alpha value is -4.66. The normalized spacial score (nSPS) is 10.3. The van der Waals surface area contributed by atoms with Gasteiger partial charge in [0.1, 0.15) is 0 Å². The van der Waals surface area contributed by atoms with Crippen LogP contribution in [0.25, 0.3) is 11.3 Å². The van der Waals surface area contributed by atoms with E-state index < -0.39 is 10.8 Å². The fraction of sp³-hybridized carbons (Fsp3) is 0. The van der Waals surface area contributed by atoms with Crippen LogP contribution in [0.1, 0.15) is 10.4 Å². The fourth-order valence-electron chi connectivity index (χ4n) is 2.82. The van der Waals surface area contributed by atoms with Gasteiger partial charge in [0, 0.05) is 53.2 Å². The molecule has 2 N–H and O–H groups in total. The molecule has 0 aliphatic rings. The Bertz CT molecular complexity index is 1230. The third kappa shape index (κ3) is 4.85. The average Bonchev–Trinajstić information content (AvgIpc) is 2.81. The van der Waals surface area contributed by atoms with Gasteiger partial charge in [0.25, 0.3) is 11.6 Å². The van der Waals surface area contributed by atoms with Gasteiger partial charge in [-0.05, 0) is 48.5 Å². The van der Waals surface area contributed by atoms with Crippen molar-refractivity contribution in [2.45, 2.75) is 0 Å². The zero-order chi connectivity index (χ0) is 21.6. The van der Waals surface area contributed by atoms with Crippen LogP contribution in [0.15, 0.2) is 85.3 Å². The van der Waals surface area contributed by atoms with Gasteiger partial charge < -0.3 is 10.6 Å². The Balaban J connectivity index is 1.44. The number of nitro benzene ring substituents is 1. The third-order valence-corrected chi connectivity index (χ3v) is 4.33. The molecule has 0 bridgehead atoms. The van der Waals surface area contributed by atoms with E-state index >= 15 is 0 Å². The molecule has 2 heterocycles. The molecule has 0 radical (unpaired) electrons. The maximum Gasteiger partial charge on any atom is 0.270 e. The lowest BCUT2D eigenvalue weighted by Crippen LogP contribution is -2.12. The first-order valence-corrected chi connectivity index (χ1v) is 9.25. The number of anilines is 3. The Morgan fingerprint density at radius 3 is 2.48 bits per heavy atom. The van der Waals surface area contributed by atoms with Gasteiger partial charge in [-0.3, -0.25) is 19.9 Å². The van der Waals surface area contributed by atoms with Crippen LogP contribution in [0.5, 0.6) is 0 Å². The Morgan fingerprint density at radius 1 is 0.935 bits per heavy atom. The van der Waals surface area contributed by atoms with Gasteiger partial charge in [0.2, 0.25) is 5.95 Å². The first-order valence-electron chi connectivity index (χ1n) is 9.25. The number of carbonyl (C=O) groups excluding carboxylic acids is 1. The van der Waals surface area contributed by atoms with Gasteiger partial charge in [0.15, 0.2) is 0 Å². The highest BCUT2D eigenvalue weighted by Gasteiger charge is 2.12. The highest BCUT2D eigenvalue weighted by atomic mass is 16.6. The number of hydrogen-bond acceptors (Lipinski definition) is 7. The molecule has 4 aromatic rings. The van der Waals surface area contributed by atoms with Crippen LogP contribution in [0.3, 0.4) is 0 Å². The van der Waals surface area contributed by atoms with Crippen molar-refractivity contribution < 1.29 is 9.72 Å². The molecular weight excluding hydrogens is 396 g/mol. The fourth-order valence-corrected chi connectivity index (χ4v) is 2.82. The summed E-state index contributed by atoms with van der Waals surface area (Å²) < 4.78 is 0. The summed E-state index contributed by atoms with van der Waals surface area (Å²) in [6.45, 7) is 0. The number of nitrogens with one attached hydrogen (secondary N) is 2. The Labute approximate surface area is 177 Å². The van der Waals surface area contributed by atoms with Crippen molar-refractivity contribution in [3.63, 3.8) is 0 Å². The summed E-state index contributed by atoms with van der Waals surface area (Å²) in [5.74, 6) is -0.00773. The number of amides is 1. The van der Waals surface area contributed by atoms with Crippen molar-refractivity contribution in [1.82, 2.24) is 15.0 Å². The molecule has 0 aliphatic heterocycles. The van der Waals surface area contributed by atoms with E-state index in [-0.39, 0.29) is 11.3 Å². The van der Waals surface area contributed by atoms with Crippen LogP contribution < -0.4 is 10.6 Å². The number of benzene rings is 2. The lowest BCUT2D eigenvalue weighted by atomic mass is 10.2. The largest absolute Gasteiger partial charge is 0.324 e. The summed E-state index contributed by atoms with van der Waals surface area (Å²) in [6, 6.07) is 18.1. The first kappa shape index (κ1) is 19.6. The third-order valence-electron chi connectivity index (χ3n) is 4.33. The molecule has 0 saturated heterocycles. The number of aromatic nitrogens is 3. The van der Waals surface area contributed by atoms with E-state index in [4.69, 9.17) is 0 Å². The second-order valence-electron chi connectivity index (χ2n) is 6.47. The van der Waals surface area contributed by atoms with Gasteiger partial charge >= 0.3 is 0 Å². The highest BCUT2D eigenvalue weighted by Crippen LogP contribution is 2.21. The van der Waals surface area contributed by atoms with E-state index in [1.54, 1.807) is 48.9 Å². The van der Waals surface area contributed by atoms with E-state index in [0.717, 1.165) is 16.9 Å². The van der Waals surface area contributed by atoms with E-state index in [1.807, 2.05) is 12.1 Å². The van der Waals surface area contributed by atoms with Crippen molar-refractivity contribution in [1.29, 1.82) is 0 Å². The summed E-state index contributed by atoms with van der Waals surface area (Å²) in [5, 5.41) is 16.7. The smallest absolute Gasteiger partial charge is 0.270 e. The number of nitro groups is 1. The Kier molecular flexibility index (Phi) is 5.57. The topological polar surface area (TPSA) is 123 Å². The highest BCUT2D eigenvalue weighted by molar-refractivity contribution is 6.04. The maximum absolute atomic E-state index is 12.4. The molecule has 0 saturated carbocycles. The number of nitrogens with zero attached hydrogens (tertiary/aromatic N) is 4. The quantitative estimate of drug-likeness (QED) is 0.354. The van der Waals surface area contributed by atoms with Crippen LogP contribution in [0, 0.1) is 10.1 Å². The lowest BCUT2D eigenvalue weighted by molar-refractivity contribution is -0.384. The molecule has 0 aliphatic carbocycles. The predicted molar refractivity (Wildman–Crippen MR) is 116 cm³/mol. The molecule has 31 heavy (non-hydrogen) atoms. The van der Waals surface area contributed by atoms with E-state index in [0.29, 0.717) is 11.6 Å². The zero-order valence-electron chi connectivity index (χ0n) is 16.1. The number of rotatable bonds is 6. The van der Waals surface area contributed by atoms with Crippen molar-refractivity contribution in [2.24, 2.45) is 0 Å². The minimum absolute atomic E-state index is 0.138. The maximum atomic E-state index is 12.4. The van der Waals surface area contributed by atoms with Crippen molar-refractivity contribution >= 4 is 28.9 Å². The monoisotopic (exact) mass is 412 g/mol. The summed E-state index contributed by atoms with van der Waals surface area (Å²) in [7, 11) is 0. The minimum atomic E-state index is -0.539. The molecule has 4 rings (SSSR count). The van der Waals surface area contributed by atoms with Gasteiger partial charge in [-0.2, -0.15) is 0 Å². The van der Waals surface area contributed by atoms with Crippen LogP contribution in [-0.2, 0) is 0 Å². The molecule has 2 aromatic carbocycles. The molecule has 0 spiro atoms. The molecule has 152 valence electrons. The number of hydrogen-bond donors (Lipinski definition) is 2. The van der Waals surface area contributed by atoms with Crippen LogP contribution in [-0.4, -0.2) is 25.8 Å². The second-order valence-corrected chi connectivity index (χ2v) is 6.47. The molecule has 0 atom stereocenters. The van der Waals surface area contributed by atoms with Gasteiger partial charge in [-0.15, -0.1) is 0 Å². The molecule has 1 amide bonds. The standard InChI is InChI=1S/C22H16N6O3/c29-21(15-3-1-5-19(13-15)28(30)31)25-17-6-8-18(9-7-17)26-22-24-12-10-20(27-22)16-4-2-11-23-14-16/h1-14H,(H,25,29)(H,24,26,27). The molecular formula is C22H16N6O3. The summed E-state index contributed by atoms with van der Waals surface area (Å²) >= 11 is 0. The number of pyridine rings is 1. The molecule has 0 unspecified atom stereocenters. The average molecular weight is 412 g/mol. The molecule has 0 fully saturated rings. The summed E-state index contributed by atoms with van der Waals surface area (Å²) in [5.41, 5.74) is 2.97.